The van der Waals surface area contributed by atoms with Crippen molar-refractivity contribution in [2.45, 2.75) is 38.8 Å². The fraction of sp³-hybridized carbons (Fsp3) is 0.636. The maximum absolute atomic E-state index is 8.61. The molecule has 0 saturated carbocycles. The van der Waals surface area contributed by atoms with E-state index in [1.165, 1.54) is 0 Å². The Morgan fingerprint density at radius 1 is 1.50 bits per heavy atom. The molecule has 0 fully saturated rings. The normalized spacial score (nSPS) is 11.4. The molecule has 0 aromatic carbocycles. The molecule has 0 bridgehead atoms. The van der Waals surface area contributed by atoms with Gasteiger partial charge in [0.2, 0.25) is 0 Å². The van der Waals surface area contributed by atoms with Crippen molar-refractivity contribution in [3.8, 4) is 6.07 Å². The van der Waals surface area contributed by atoms with Crippen LogP contribution < -0.4 is 0 Å². The summed E-state index contributed by atoms with van der Waals surface area (Å²) in [6.45, 7) is 8.28. The maximum atomic E-state index is 8.61. The molecule has 1 aromatic rings. The van der Waals surface area contributed by atoms with Crippen molar-refractivity contribution in [1.82, 2.24) is 9.55 Å². The van der Waals surface area contributed by atoms with E-state index in [1.807, 2.05) is 4.57 Å². The molecule has 0 spiro atoms. The number of ether oxygens (including phenoxy) is 1. The quantitative estimate of drug-likeness (QED) is 0.563. The molecule has 1 heterocycles. The van der Waals surface area contributed by atoms with E-state index in [9.17, 15) is 0 Å². The fourth-order valence-electron chi connectivity index (χ4n) is 1.23. The summed E-state index contributed by atoms with van der Waals surface area (Å²) in [5, 5.41) is 8.61. The van der Waals surface area contributed by atoms with Gasteiger partial charge >= 0.3 is 0 Å². The summed E-state index contributed by atoms with van der Waals surface area (Å²) in [7, 11) is -1.01. The van der Waals surface area contributed by atoms with Crippen LogP contribution in [-0.2, 0) is 17.9 Å². The molecule has 0 radical (unpaired) electrons. The molecule has 16 heavy (non-hydrogen) atoms. The third-order valence-corrected chi connectivity index (χ3v) is 3.99. The monoisotopic (exact) mass is 237 g/mol. The largest absolute Gasteiger partial charge is 0.361 e. The Morgan fingerprint density at radius 2 is 2.25 bits per heavy atom. The summed E-state index contributed by atoms with van der Waals surface area (Å²) < 4.78 is 7.47. The first-order chi connectivity index (χ1) is 7.53. The zero-order valence-corrected chi connectivity index (χ0v) is 11.2. The van der Waals surface area contributed by atoms with E-state index in [0.29, 0.717) is 13.2 Å². The second kappa shape index (κ2) is 5.82. The van der Waals surface area contributed by atoms with Crippen LogP contribution in [0.4, 0.5) is 0 Å². The first-order valence-corrected chi connectivity index (χ1v) is 9.17. The minimum atomic E-state index is -1.01. The van der Waals surface area contributed by atoms with E-state index < -0.39 is 8.07 Å². The topological polar surface area (TPSA) is 50.8 Å². The summed E-state index contributed by atoms with van der Waals surface area (Å²) in [5.74, 6) is 0. The van der Waals surface area contributed by atoms with Gasteiger partial charge in [-0.2, -0.15) is 5.26 Å². The molecule has 0 aliphatic carbocycles. The lowest BCUT2D eigenvalue weighted by molar-refractivity contribution is 0.0856. The molecule has 1 aromatic heterocycles. The standard InChI is InChI=1S/C11H19N3OSi/c1-16(2,3)7-6-15-10-14-9-13-8-11(14)4-5-12/h8-9H,4,6-7,10H2,1-3H3. The first-order valence-electron chi connectivity index (χ1n) is 5.46. The maximum Gasteiger partial charge on any atom is 0.124 e. The van der Waals surface area contributed by atoms with Crippen molar-refractivity contribution in [2.75, 3.05) is 6.61 Å². The van der Waals surface area contributed by atoms with Gasteiger partial charge in [-0.1, -0.05) is 19.6 Å². The van der Waals surface area contributed by atoms with Crippen LogP contribution >= 0.6 is 0 Å². The number of hydrogen-bond acceptors (Lipinski definition) is 3. The molecule has 0 aliphatic heterocycles. The third kappa shape index (κ3) is 4.60. The Morgan fingerprint density at radius 3 is 2.88 bits per heavy atom. The number of aromatic nitrogens is 2. The smallest absolute Gasteiger partial charge is 0.124 e. The van der Waals surface area contributed by atoms with Gasteiger partial charge in [0.25, 0.3) is 0 Å². The van der Waals surface area contributed by atoms with Crippen LogP contribution in [0.3, 0.4) is 0 Å². The molecular formula is C11H19N3OSi. The molecule has 0 saturated heterocycles. The second-order valence-electron chi connectivity index (χ2n) is 5.04. The fourth-order valence-corrected chi connectivity index (χ4v) is 1.99. The van der Waals surface area contributed by atoms with Crippen LogP contribution in [0.15, 0.2) is 12.5 Å². The summed E-state index contributed by atoms with van der Waals surface area (Å²) in [4.78, 5) is 4.01. The predicted octanol–water partition coefficient (Wildman–Crippen LogP) is 2.26. The van der Waals surface area contributed by atoms with E-state index in [-0.39, 0.29) is 0 Å². The van der Waals surface area contributed by atoms with E-state index in [4.69, 9.17) is 10.00 Å². The Bertz CT molecular complexity index is 362. The molecule has 0 atom stereocenters. The van der Waals surface area contributed by atoms with Gasteiger partial charge in [0.1, 0.15) is 6.73 Å². The molecule has 5 heteroatoms. The molecule has 1 rings (SSSR count). The van der Waals surface area contributed by atoms with E-state index in [2.05, 4.69) is 30.7 Å². The Balaban J connectivity index is 2.32. The SMILES string of the molecule is C[Si](C)(C)CCOCn1cncc1CC#N. The van der Waals surface area contributed by atoms with Gasteiger partial charge in [-0.3, -0.25) is 0 Å². The van der Waals surface area contributed by atoms with Gasteiger partial charge in [-0.05, 0) is 6.04 Å². The summed E-state index contributed by atoms with van der Waals surface area (Å²) in [6, 6.07) is 3.28. The molecule has 0 amide bonds. The zero-order valence-electron chi connectivity index (χ0n) is 10.2. The van der Waals surface area contributed by atoms with Gasteiger partial charge in [0.15, 0.2) is 0 Å². The molecule has 0 aliphatic rings. The minimum absolute atomic E-state index is 0.386. The molecule has 0 unspecified atom stereocenters. The van der Waals surface area contributed by atoms with Gasteiger partial charge in [-0.15, -0.1) is 0 Å². The Hall–Kier alpha value is -1.12. The summed E-state index contributed by atoms with van der Waals surface area (Å²) in [5.41, 5.74) is 0.913. The van der Waals surface area contributed by atoms with Crippen LogP contribution in [0.1, 0.15) is 5.69 Å². The zero-order chi connectivity index (χ0) is 12.0. The highest BCUT2D eigenvalue weighted by atomic mass is 28.3. The highest BCUT2D eigenvalue weighted by Gasteiger charge is 2.12. The van der Waals surface area contributed by atoms with E-state index in [0.717, 1.165) is 18.3 Å². The van der Waals surface area contributed by atoms with Crippen molar-refractivity contribution >= 4 is 8.07 Å². The number of hydrogen-bond donors (Lipinski definition) is 0. The van der Waals surface area contributed by atoms with Gasteiger partial charge in [-0.25, -0.2) is 4.98 Å². The highest BCUT2D eigenvalue weighted by molar-refractivity contribution is 6.76. The second-order valence-corrected chi connectivity index (χ2v) is 10.7. The van der Waals surface area contributed by atoms with Gasteiger partial charge in [0, 0.05) is 20.9 Å². The van der Waals surface area contributed by atoms with Crippen molar-refractivity contribution in [1.29, 1.82) is 5.26 Å². The summed E-state index contributed by atoms with van der Waals surface area (Å²) in [6.07, 6.45) is 3.81. The highest BCUT2D eigenvalue weighted by Crippen LogP contribution is 2.08. The lowest BCUT2D eigenvalue weighted by Gasteiger charge is -2.15. The van der Waals surface area contributed by atoms with Crippen LogP contribution in [0.5, 0.6) is 0 Å². The molecule has 0 N–H and O–H groups in total. The Kier molecular flexibility index (Phi) is 4.71. The number of imidazole rings is 1. The van der Waals surface area contributed by atoms with Crippen molar-refractivity contribution in [3.05, 3.63) is 18.2 Å². The number of nitrogens with zero attached hydrogens (tertiary/aromatic N) is 3. The molecule has 4 nitrogen and oxygen atoms in total. The van der Waals surface area contributed by atoms with Crippen LogP contribution in [0, 0.1) is 11.3 Å². The first kappa shape index (κ1) is 12.9. The van der Waals surface area contributed by atoms with Crippen molar-refractivity contribution in [2.24, 2.45) is 0 Å². The molecule has 88 valence electrons. The lowest BCUT2D eigenvalue weighted by Crippen LogP contribution is -2.22. The van der Waals surface area contributed by atoms with Crippen LogP contribution in [0.2, 0.25) is 25.7 Å². The minimum Gasteiger partial charge on any atom is -0.361 e. The van der Waals surface area contributed by atoms with Gasteiger partial charge < -0.3 is 9.30 Å². The van der Waals surface area contributed by atoms with E-state index in [1.54, 1.807) is 12.5 Å². The third-order valence-electron chi connectivity index (χ3n) is 2.29. The average Bonchev–Trinajstić information content (AvgIpc) is 2.60. The number of rotatable bonds is 6. The average molecular weight is 237 g/mol. The predicted molar refractivity (Wildman–Crippen MR) is 65.6 cm³/mol. The van der Waals surface area contributed by atoms with Gasteiger partial charge in [0.05, 0.1) is 24.5 Å². The Labute approximate surface area is 97.9 Å². The van der Waals surface area contributed by atoms with Crippen LogP contribution in [-0.4, -0.2) is 24.2 Å². The van der Waals surface area contributed by atoms with E-state index >= 15 is 0 Å². The van der Waals surface area contributed by atoms with Crippen molar-refractivity contribution < 1.29 is 4.74 Å². The van der Waals surface area contributed by atoms with Crippen molar-refractivity contribution in [3.63, 3.8) is 0 Å². The van der Waals surface area contributed by atoms with Crippen LogP contribution in [0.25, 0.3) is 0 Å². The molecular weight excluding hydrogens is 218 g/mol. The lowest BCUT2D eigenvalue weighted by atomic mass is 10.3. The summed E-state index contributed by atoms with van der Waals surface area (Å²) >= 11 is 0. The number of nitriles is 1.